The van der Waals surface area contributed by atoms with Crippen molar-refractivity contribution in [3.8, 4) is 6.07 Å². The van der Waals surface area contributed by atoms with E-state index in [1.165, 1.54) is 28.4 Å². The van der Waals surface area contributed by atoms with E-state index in [2.05, 4.69) is 4.98 Å². The molecule has 5 nitrogen and oxygen atoms in total. The van der Waals surface area contributed by atoms with Crippen LogP contribution in [-0.2, 0) is 9.59 Å². The number of fused-ring (bicyclic) bond motifs is 1. The maximum absolute atomic E-state index is 13.2. The van der Waals surface area contributed by atoms with Crippen molar-refractivity contribution in [3.05, 3.63) is 29.0 Å². The fourth-order valence-corrected chi connectivity index (χ4v) is 3.57. The van der Waals surface area contributed by atoms with E-state index in [4.69, 9.17) is 0 Å². The Hall–Kier alpha value is -2.33. The second-order valence-electron chi connectivity index (χ2n) is 5.23. The highest BCUT2D eigenvalue weighted by atomic mass is 32.1. The average molecular weight is 317 g/mol. The molecule has 0 N–H and O–H groups in total. The van der Waals surface area contributed by atoms with Crippen molar-refractivity contribution in [3.63, 3.8) is 0 Å². The molecule has 112 valence electrons. The van der Waals surface area contributed by atoms with Crippen LogP contribution in [0.25, 0.3) is 10.2 Å². The third-order valence-corrected chi connectivity index (χ3v) is 4.90. The minimum Gasteiger partial charge on any atom is -0.345 e. The molecule has 7 heteroatoms. The molecular formula is C15H12FN3O2S. The highest BCUT2D eigenvalue weighted by Crippen LogP contribution is 2.32. The molecule has 22 heavy (non-hydrogen) atoms. The van der Waals surface area contributed by atoms with Crippen LogP contribution in [0.4, 0.5) is 4.39 Å². The molecule has 3 rings (SSSR count). The zero-order valence-electron chi connectivity index (χ0n) is 11.7. The number of hydrogen-bond donors (Lipinski definition) is 0. The lowest BCUT2D eigenvalue weighted by molar-refractivity contribution is -0.136. The van der Waals surface area contributed by atoms with Crippen LogP contribution in [0.15, 0.2) is 18.2 Å². The Morgan fingerprint density at radius 2 is 2.36 bits per heavy atom. The Labute approximate surface area is 130 Å². The van der Waals surface area contributed by atoms with Gasteiger partial charge in [-0.25, -0.2) is 9.37 Å². The Balaban J connectivity index is 1.94. The number of aromatic nitrogens is 1. The molecule has 1 fully saturated rings. The molecule has 2 atom stereocenters. The summed E-state index contributed by atoms with van der Waals surface area (Å²) in [6, 6.07) is 6.08. The van der Waals surface area contributed by atoms with Crippen LogP contribution in [0.1, 0.15) is 17.3 Å². The van der Waals surface area contributed by atoms with Crippen molar-refractivity contribution in [1.82, 2.24) is 9.88 Å². The highest BCUT2D eigenvalue weighted by molar-refractivity contribution is 7.18. The Morgan fingerprint density at radius 1 is 1.59 bits per heavy atom. The number of halogens is 1. The predicted octanol–water partition coefficient (Wildman–Crippen LogP) is 2.09. The summed E-state index contributed by atoms with van der Waals surface area (Å²) in [5, 5.41) is 9.65. The molecule has 0 bridgehead atoms. The Morgan fingerprint density at radius 3 is 3.00 bits per heavy atom. The molecular weight excluding hydrogens is 305 g/mol. The first kappa shape index (κ1) is 14.6. The largest absolute Gasteiger partial charge is 0.345 e. The van der Waals surface area contributed by atoms with Gasteiger partial charge in [-0.05, 0) is 18.6 Å². The second kappa shape index (κ2) is 5.46. The molecule has 1 aliphatic heterocycles. The summed E-state index contributed by atoms with van der Waals surface area (Å²) >= 11 is 1.18. The minimum absolute atomic E-state index is 0.252. The maximum atomic E-state index is 13.2. The van der Waals surface area contributed by atoms with Gasteiger partial charge in [-0.2, -0.15) is 5.26 Å². The lowest BCUT2D eigenvalue weighted by atomic mass is 9.93. The van der Waals surface area contributed by atoms with Gasteiger partial charge in [0.2, 0.25) is 5.91 Å². The third-order valence-electron chi connectivity index (χ3n) is 3.80. The number of amides is 1. The summed E-state index contributed by atoms with van der Waals surface area (Å²) in [4.78, 5) is 30.1. The van der Waals surface area contributed by atoms with Gasteiger partial charge < -0.3 is 4.90 Å². The van der Waals surface area contributed by atoms with Gasteiger partial charge in [0.1, 0.15) is 16.7 Å². The van der Waals surface area contributed by atoms with Gasteiger partial charge in [-0.15, -0.1) is 11.3 Å². The second-order valence-corrected chi connectivity index (χ2v) is 6.29. The number of nitrogens with zero attached hydrogens (tertiary/aromatic N) is 3. The number of rotatable bonds is 3. The zero-order valence-corrected chi connectivity index (χ0v) is 12.6. The van der Waals surface area contributed by atoms with E-state index in [0.29, 0.717) is 28.2 Å². The van der Waals surface area contributed by atoms with Crippen molar-refractivity contribution in [2.45, 2.75) is 12.3 Å². The normalized spacial score (nSPS) is 19.4. The number of thiazole rings is 1. The SMILES string of the molecule is CN1CCC(C(=O)C(C#N)c2nc3cc(F)ccc3s2)C1=O. The van der Waals surface area contributed by atoms with Gasteiger partial charge in [-0.3, -0.25) is 9.59 Å². The summed E-state index contributed by atoms with van der Waals surface area (Å²) in [6.45, 7) is 0.512. The summed E-state index contributed by atoms with van der Waals surface area (Å²) < 4.78 is 13.9. The highest BCUT2D eigenvalue weighted by Gasteiger charge is 2.40. The first-order chi connectivity index (χ1) is 10.5. The number of hydrogen-bond acceptors (Lipinski definition) is 5. The van der Waals surface area contributed by atoms with Crippen LogP contribution in [0.2, 0.25) is 0 Å². The van der Waals surface area contributed by atoms with Gasteiger partial charge in [0, 0.05) is 19.7 Å². The lowest BCUT2D eigenvalue weighted by Gasteiger charge is -2.11. The van der Waals surface area contributed by atoms with E-state index in [1.807, 2.05) is 6.07 Å². The Bertz CT molecular complexity index is 811. The van der Waals surface area contributed by atoms with E-state index in [1.54, 1.807) is 13.1 Å². The van der Waals surface area contributed by atoms with Gasteiger partial charge in [-0.1, -0.05) is 0 Å². The van der Waals surface area contributed by atoms with E-state index in [0.717, 1.165) is 0 Å². The van der Waals surface area contributed by atoms with E-state index in [-0.39, 0.29) is 5.91 Å². The van der Waals surface area contributed by atoms with Gasteiger partial charge in [0.15, 0.2) is 11.7 Å². The third kappa shape index (κ3) is 2.35. The first-order valence-corrected chi connectivity index (χ1v) is 7.57. The zero-order chi connectivity index (χ0) is 15.9. The molecule has 0 spiro atoms. The van der Waals surface area contributed by atoms with Crippen LogP contribution < -0.4 is 0 Å². The summed E-state index contributed by atoms with van der Waals surface area (Å²) in [7, 11) is 1.64. The molecule has 1 aromatic carbocycles. The molecule has 0 radical (unpaired) electrons. The van der Waals surface area contributed by atoms with Crippen LogP contribution in [-0.4, -0.2) is 35.2 Å². The van der Waals surface area contributed by atoms with Crippen molar-refractivity contribution < 1.29 is 14.0 Å². The van der Waals surface area contributed by atoms with E-state index >= 15 is 0 Å². The molecule has 2 heterocycles. The summed E-state index contributed by atoms with van der Waals surface area (Å²) in [5.41, 5.74) is 0.419. The quantitative estimate of drug-likeness (QED) is 0.813. The fraction of sp³-hybridized carbons (Fsp3) is 0.333. The number of Topliss-reactive ketones (excluding diaryl/α,β-unsaturated/α-hetero) is 1. The molecule has 2 aromatic rings. The van der Waals surface area contributed by atoms with Gasteiger partial charge in [0.25, 0.3) is 0 Å². The van der Waals surface area contributed by atoms with E-state index < -0.39 is 23.4 Å². The molecule has 1 saturated heterocycles. The number of carbonyl (C=O) groups is 2. The minimum atomic E-state index is -1.08. The van der Waals surface area contributed by atoms with Gasteiger partial charge in [0.05, 0.1) is 16.3 Å². The number of carbonyl (C=O) groups excluding carboxylic acids is 2. The molecule has 1 aromatic heterocycles. The Kier molecular flexibility index (Phi) is 3.62. The predicted molar refractivity (Wildman–Crippen MR) is 78.7 cm³/mol. The van der Waals surface area contributed by atoms with Crippen LogP contribution in [0.3, 0.4) is 0 Å². The molecule has 1 aliphatic rings. The monoisotopic (exact) mass is 317 g/mol. The standard InChI is InChI=1S/C15H12FN3O2S/c1-19-5-4-9(15(19)21)13(20)10(7-17)14-18-11-6-8(16)2-3-12(11)22-14/h2-3,6,9-10H,4-5H2,1H3. The lowest BCUT2D eigenvalue weighted by Crippen LogP contribution is -2.30. The summed E-state index contributed by atoms with van der Waals surface area (Å²) in [5.74, 6) is -2.95. The molecule has 0 saturated carbocycles. The van der Waals surface area contributed by atoms with Crippen LogP contribution in [0.5, 0.6) is 0 Å². The molecule has 2 unspecified atom stereocenters. The van der Waals surface area contributed by atoms with Crippen LogP contribution in [0, 0.1) is 23.1 Å². The average Bonchev–Trinajstić information content (AvgIpc) is 3.04. The van der Waals surface area contributed by atoms with Crippen molar-refractivity contribution in [2.24, 2.45) is 5.92 Å². The van der Waals surface area contributed by atoms with E-state index in [9.17, 15) is 19.2 Å². The molecule has 0 aliphatic carbocycles. The molecule has 1 amide bonds. The smallest absolute Gasteiger partial charge is 0.233 e. The first-order valence-electron chi connectivity index (χ1n) is 6.75. The number of nitriles is 1. The summed E-state index contributed by atoms with van der Waals surface area (Å²) in [6.07, 6.45) is 0.422. The van der Waals surface area contributed by atoms with Crippen LogP contribution >= 0.6 is 11.3 Å². The van der Waals surface area contributed by atoms with Crippen molar-refractivity contribution >= 4 is 33.2 Å². The van der Waals surface area contributed by atoms with Crippen molar-refractivity contribution in [1.29, 1.82) is 5.26 Å². The fourth-order valence-electron chi connectivity index (χ4n) is 2.57. The van der Waals surface area contributed by atoms with Crippen molar-refractivity contribution in [2.75, 3.05) is 13.6 Å². The number of likely N-dealkylation sites (tertiary alicyclic amines) is 1. The number of benzene rings is 1. The van der Waals surface area contributed by atoms with Gasteiger partial charge >= 0.3 is 0 Å². The maximum Gasteiger partial charge on any atom is 0.233 e. The topological polar surface area (TPSA) is 74.1 Å². The number of ketones is 1.